The van der Waals surface area contributed by atoms with Gasteiger partial charge in [0, 0.05) is 18.2 Å². The molecule has 1 fully saturated rings. The summed E-state index contributed by atoms with van der Waals surface area (Å²) >= 11 is 3.01. The smallest absolute Gasteiger partial charge is 0.236 e. The molecule has 1 aliphatic rings. The number of amides is 1. The zero-order valence-corrected chi connectivity index (χ0v) is 13.2. The summed E-state index contributed by atoms with van der Waals surface area (Å²) in [6.45, 7) is 0. The molecule has 0 aliphatic carbocycles. The van der Waals surface area contributed by atoms with E-state index in [1.165, 1.54) is 12.1 Å². The van der Waals surface area contributed by atoms with Crippen molar-refractivity contribution in [3.63, 3.8) is 0 Å². The number of hydrogen-bond acceptors (Lipinski definition) is 2. The molecule has 0 radical (unpaired) electrons. The van der Waals surface area contributed by atoms with Gasteiger partial charge in [-0.1, -0.05) is 0 Å². The highest BCUT2D eigenvalue weighted by Crippen LogP contribution is 2.36. The molecule has 0 saturated carbocycles. The zero-order valence-electron chi connectivity index (χ0n) is 11.6. The minimum atomic E-state index is -1.19. The van der Waals surface area contributed by atoms with Crippen LogP contribution in [-0.2, 0) is 4.79 Å². The Kier molecular flexibility index (Phi) is 4.16. The Balaban J connectivity index is 1.96. The molecule has 1 heterocycles. The number of benzene rings is 2. The average Bonchev–Trinajstić information content (AvgIpc) is 2.76. The van der Waals surface area contributed by atoms with Crippen LogP contribution in [0.1, 0.15) is 17.9 Å². The molecule has 3 rings (SSSR count). The quantitative estimate of drug-likeness (QED) is 0.855. The van der Waals surface area contributed by atoms with Gasteiger partial charge in [-0.25, -0.2) is 13.2 Å². The van der Waals surface area contributed by atoms with E-state index in [-0.39, 0.29) is 22.1 Å². The first-order chi connectivity index (χ1) is 10.9. The fourth-order valence-corrected chi connectivity index (χ4v) is 2.97. The molecule has 23 heavy (non-hydrogen) atoms. The molecule has 3 nitrogen and oxygen atoms in total. The third kappa shape index (κ3) is 2.98. The minimum Gasteiger partial charge on any atom is -0.373 e. The third-order valence-corrected chi connectivity index (χ3v) is 4.39. The van der Waals surface area contributed by atoms with Gasteiger partial charge in [-0.3, -0.25) is 9.69 Å². The molecule has 0 aromatic heterocycles. The molecule has 0 spiro atoms. The molecule has 7 heteroatoms. The first-order valence-electron chi connectivity index (χ1n) is 6.79. The van der Waals surface area contributed by atoms with Crippen molar-refractivity contribution in [1.82, 2.24) is 0 Å². The topological polar surface area (TPSA) is 40.5 Å². The van der Waals surface area contributed by atoms with Gasteiger partial charge in [0.25, 0.3) is 0 Å². The lowest BCUT2D eigenvalue weighted by atomic mass is 9.97. The Labute approximate surface area is 138 Å². The molecule has 1 N–H and O–H groups in total. The van der Waals surface area contributed by atoms with Crippen molar-refractivity contribution < 1.29 is 23.1 Å². The molecule has 120 valence electrons. The van der Waals surface area contributed by atoms with Gasteiger partial charge in [0.05, 0.1) is 10.4 Å². The van der Waals surface area contributed by atoms with E-state index in [0.29, 0.717) is 6.07 Å². The van der Waals surface area contributed by atoms with Crippen molar-refractivity contribution in [2.45, 2.75) is 18.6 Å². The summed E-state index contributed by atoms with van der Waals surface area (Å²) in [7, 11) is 0. The van der Waals surface area contributed by atoms with E-state index in [2.05, 4.69) is 15.9 Å². The van der Waals surface area contributed by atoms with Crippen LogP contribution in [0.25, 0.3) is 0 Å². The van der Waals surface area contributed by atoms with Gasteiger partial charge in [-0.15, -0.1) is 0 Å². The SMILES string of the molecule is O=C1C(c2cc(F)cc(F)c2)CC(O)N1c1ccc(Br)c(F)c1. The lowest BCUT2D eigenvalue weighted by Crippen LogP contribution is -2.33. The second kappa shape index (κ2) is 5.98. The van der Waals surface area contributed by atoms with Gasteiger partial charge in [-0.05, 0) is 51.8 Å². The fraction of sp³-hybridized carbons (Fsp3) is 0.188. The van der Waals surface area contributed by atoms with Gasteiger partial charge < -0.3 is 5.11 Å². The molecular formula is C16H11BrF3NO2. The highest BCUT2D eigenvalue weighted by atomic mass is 79.9. The molecular weight excluding hydrogens is 375 g/mol. The van der Waals surface area contributed by atoms with E-state index < -0.39 is 35.5 Å². The predicted molar refractivity (Wildman–Crippen MR) is 81.3 cm³/mol. The number of aliphatic hydroxyl groups excluding tert-OH is 1. The summed E-state index contributed by atoms with van der Waals surface area (Å²) in [5.41, 5.74) is 0.328. The summed E-state index contributed by atoms with van der Waals surface area (Å²) < 4.78 is 40.6. The normalized spacial score (nSPS) is 21.1. The highest BCUT2D eigenvalue weighted by molar-refractivity contribution is 9.10. The van der Waals surface area contributed by atoms with Crippen molar-refractivity contribution >= 4 is 27.5 Å². The maximum Gasteiger partial charge on any atom is 0.236 e. The van der Waals surface area contributed by atoms with E-state index >= 15 is 0 Å². The number of halogens is 4. The maximum absolute atomic E-state index is 13.6. The molecule has 2 aromatic rings. The molecule has 1 amide bonds. The summed E-state index contributed by atoms with van der Waals surface area (Å²) in [4.78, 5) is 13.6. The molecule has 2 aromatic carbocycles. The van der Waals surface area contributed by atoms with Gasteiger partial charge in [-0.2, -0.15) is 0 Å². The van der Waals surface area contributed by atoms with Crippen molar-refractivity contribution in [1.29, 1.82) is 0 Å². The Hall–Kier alpha value is -1.86. The van der Waals surface area contributed by atoms with Crippen molar-refractivity contribution in [2.75, 3.05) is 4.90 Å². The Bertz CT molecular complexity index is 764. The van der Waals surface area contributed by atoms with Crippen molar-refractivity contribution in [3.8, 4) is 0 Å². The van der Waals surface area contributed by atoms with Crippen LogP contribution in [-0.4, -0.2) is 17.2 Å². The van der Waals surface area contributed by atoms with Crippen molar-refractivity contribution in [2.24, 2.45) is 0 Å². The highest BCUT2D eigenvalue weighted by Gasteiger charge is 2.40. The lowest BCUT2D eigenvalue weighted by Gasteiger charge is -2.21. The second-order valence-electron chi connectivity index (χ2n) is 5.28. The first-order valence-corrected chi connectivity index (χ1v) is 7.58. The van der Waals surface area contributed by atoms with Crippen LogP contribution in [0, 0.1) is 17.5 Å². The summed E-state index contributed by atoms with van der Waals surface area (Å²) in [5.74, 6) is -3.60. The Morgan fingerprint density at radius 1 is 1.09 bits per heavy atom. The monoisotopic (exact) mass is 385 g/mol. The van der Waals surface area contributed by atoms with Gasteiger partial charge in [0.15, 0.2) is 0 Å². The zero-order chi connectivity index (χ0) is 16.7. The summed E-state index contributed by atoms with van der Waals surface area (Å²) in [6.07, 6.45) is -1.22. The summed E-state index contributed by atoms with van der Waals surface area (Å²) in [5, 5.41) is 10.1. The van der Waals surface area contributed by atoms with Crippen LogP contribution in [0.4, 0.5) is 18.9 Å². The Morgan fingerprint density at radius 3 is 2.35 bits per heavy atom. The predicted octanol–water partition coefficient (Wildman–Crippen LogP) is 3.71. The van der Waals surface area contributed by atoms with Crippen molar-refractivity contribution in [3.05, 3.63) is 63.9 Å². The fourth-order valence-electron chi connectivity index (χ4n) is 2.72. The average molecular weight is 386 g/mol. The van der Waals surface area contributed by atoms with Crippen LogP contribution < -0.4 is 4.90 Å². The van der Waals surface area contributed by atoms with Crippen LogP contribution in [0.3, 0.4) is 0 Å². The largest absolute Gasteiger partial charge is 0.373 e. The Morgan fingerprint density at radius 2 is 1.74 bits per heavy atom. The van der Waals surface area contributed by atoms with E-state index in [4.69, 9.17) is 0 Å². The summed E-state index contributed by atoms with van der Waals surface area (Å²) in [6, 6.07) is 6.83. The van der Waals surface area contributed by atoms with Gasteiger partial charge in [0.2, 0.25) is 5.91 Å². The van der Waals surface area contributed by atoms with Crippen LogP contribution >= 0.6 is 15.9 Å². The lowest BCUT2D eigenvalue weighted by molar-refractivity contribution is -0.118. The number of rotatable bonds is 2. The van der Waals surface area contributed by atoms with Crippen LogP contribution in [0.2, 0.25) is 0 Å². The standard InChI is InChI=1S/C16H11BrF3NO2/c17-13-2-1-11(6-14(13)20)21-15(22)7-12(16(21)23)8-3-9(18)5-10(19)4-8/h1-6,12,15,22H,7H2. The molecule has 0 bridgehead atoms. The van der Waals surface area contributed by atoms with Crippen LogP contribution in [0.15, 0.2) is 40.9 Å². The molecule has 1 aliphatic heterocycles. The molecule has 1 saturated heterocycles. The van der Waals surface area contributed by atoms with Crippen LogP contribution in [0.5, 0.6) is 0 Å². The maximum atomic E-state index is 13.6. The number of anilines is 1. The second-order valence-corrected chi connectivity index (χ2v) is 6.13. The van der Waals surface area contributed by atoms with Gasteiger partial charge in [0.1, 0.15) is 23.7 Å². The van der Waals surface area contributed by atoms with E-state index in [9.17, 15) is 23.1 Å². The number of hydrogen-bond donors (Lipinski definition) is 1. The third-order valence-electron chi connectivity index (χ3n) is 3.75. The van der Waals surface area contributed by atoms with Gasteiger partial charge >= 0.3 is 0 Å². The van der Waals surface area contributed by atoms with E-state index in [1.54, 1.807) is 0 Å². The van der Waals surface area contributed by atoms with E-state index in [0.717, 1.165) is 23.1 Å². The number of nitrogens with zero attached hydrogens (tertiary/aromatic N) is 1. The first kappa shape index (κ1) is 16.0. The number of aliphatic hydroxyl groups is 1. The number of carbonyl (C=O) groups excluding carboxylic acids is 1. The minimum absolute atomic E-state index is 0.0284. The molecule has 2 unspecified atom stereocenters. The van der Waals surface area contributed by atoms with E-state index in [1.807, 2.05) is 0 Å². The number of carbonyl (C=O) groups is 1. The molecule has 2 atom stereocenters.